The molecule has 0 atom stereocenters. The van der Waals surface area contributed by atoms with Crippen molar-refractivity contribution < 1.29 is 20.9 Å². The van der Waals surface area contributed by atoms with E-state index in [1.807, 2.05) is 0 Å². The first-order chi connectivity index (χ1) is 14.0. The number of rotatable bonds is 14. The van der Waals surface area contributed by atoms with E-state index >= 15 is 0 Å². The summed E-state index contributed by atoms with van der Waals surface area (Å²) < 4.78 is 62.7. The van der Waals surface area contributed by atoms with Crippen LogP contribution in [0.25, 0.3) is 0 Å². The largest absolute Gasteiger partial charge is 0.481 e. The van der Waals surface area contributed by atoms with Crippen LogP contribution in [-0.4, -0.2) is 11.1 Å². The molecule has 0 spiro atoms. The molecule has 0 bridgehead atoms. The lowest BCUT2D eigenvalue weighted by molar-refractivity contribution is -0.137. The Labute approximate surface area is 147 Å². The maximum atomic E-state index is 10.4. The number of carboxylic acid groups (broad SMARTS) is 1. The maximum Gasteiger partial charge on any atom is 0.303 e. The lowest BCUT2D eigenvalue weighted by atomic mass is 10.1. The van der Waals surface area contributed by atoms with Crippen LogP contribution in [0.5, 0.6) is 0 Å². The summed E-state index contributed by atoms with van der Waals surface area (Å²) in [6.45, 7) is 1.73. The third-order valence-electron chi connectivity index (χ3n) is 2.65. The van der Waals surface area contributed by atoms with E-state index in [0.717, 1.165) is 12.8 Å². The summed E-state index contributed by atoms with van der Waals surface area (Å²) in [5.74, 6) is -0.826. The van der Waals surface area contributed by atoms with Gasteiger partial charge in [-0.25, -0.2) is 0 Å². The first-order valence-corrected chi connectivity index (χ1v) is 7.82. The Hall–Kier alpha value is -1.57. The van der Waals surface area contributed by atoms with Crippen LogP contribution in [0.1, 0.15) is 82.1 Å². The number of unbranched alkanes of at least 4 members (excludes halogenated alkanes) is 3. The Morgan fingerprint density at radius 3 is 1.86 bits per heavy atom. The van der Waals surface area contributed by atoms with E-state index in [1.165, 1.54) is 0 Å². The molecule has 0 saturated carbocycles. The van der Waals surface area contributed by atoms with Crippen molar-refractivity contribution in [1.29, 1.82) is 0 Å². The highest BCUT2D eigenvalue weighted by atomic mass is 16.4. The van der Waals surface area contributed by atoms with Gasteiger partial charge in [-0.2, -0.15) is 0 Å². The molecule has 0 radical (unpaired) electrons. The molecule has 2 heteroatoms. The quantitative estimate of drug-likeness (QED) is 0.305. The van der Waals surface area contributed by atoms with Gasteiger partial charge in [0.1, 0.15) is 0 Å². The van der Waals surface area contributed by atoms with Gasteiger partial charge >= 0.3 is 5.97 Å². The van der Waals surface area contributed by atoms with E-state index in [9.17, 15) is 4.79 Å². The third-order valence-corrected chi connectivity index (χ3v) is 2.65. The van der Waals surface area contributed by atoms with Crippen LogP contribution in [0.3, 0.4) is 0 Å². The summed E-state index contributed by atoms with van der Waals surface area (Å²) in [5, 5.41) is 8.57. The van der Waals surface area contributed by atoms with Crippen LogP contribution in [0.4, 0.5) is 0 Å². The van der Waals surface area contributed by atoms with Crippen LogP contribution < -0.4 is 0 Å². The van der Waals surface area contributed by atoms with E-state index < -0.39 is 5.97 Å². The van der Waals surface area contributed by atoms with Gasteiger partial charge in [0.05, 0.1) is 11.0 Å². The minimum absolute atomic E-state index is 0.0351. The van der Waals surface area contributed by atoms with E-state index in [4.69, 9.17) is 16.1 Å². The van der Waals surface area contributed by atoms with E-state index in [2.05, 4.69) is 0 Å². The molecule has 0 aromatic carbocycles. The van der Waals surface area contributed by atoms with Crippen molar-refractivity contribution in [3.63, 3.8) is 0 Å². The number of allylic oxidation sites excluding steroid dienone is 8. The second-order valence-electron chi connectivity index (χ2n) is 4.61. The Morgan fingerprint density at radius 2 is 1.32 bits per heavy atom. The topological polar surface area (TPSA) is 37.3 Å². The molecule has 0 amide bonds. The van der Waals surface area contributed by atoms with E-state index in [1.54, 1.807) is 6.92 Å². The number of hydrogen-bond donors (Lipinski definition) is 1. The van der Waals surface area contributed by atoms with Crippen molar-refractivity contribution in [1.82, 2.24) is 0 Å². The van der Waals surface area contributed by atoms with Gasteiger partial charge in [0.15, 0.2) is 0 Å². The molecule has 0 saturated heterocycles. The molecule has 0 rings (SSSR count). The lowest BCUT2D eigenvalue weighted by Gasteiger charge is -1.96. The van der Waals surface area contributed by atoms with Crippen LogP contribution in [0, 0.1) is 0 Å². The smallest absolute Gasteiger partial charge is 0.303 e. The number of hydrogen-bond acceptors (Lipinski definition) is 1. The summed E-state index contributed by atoms with van der Waals surface area (Å²) in [4.78, 5) is 10.4. The lowest BCUT2D eigenvalue weighted by Crippen LogP contribution is -1.93. The van der Waals surface area contributed by atoms with Crippen molar-refractivity contribution >= 4 is 5.97 Å². The van der Waals surface area contributed by atoms with Gasteiger partial charge in [0.25, 0.3) is 0 Å². The molecule has 0 aromatic rings. The molecular weight excluding hydrogens is 272 g/mol. The van der Waals surface area contributed by atoms with Crippen molar-refractivity contribution in [3.8, 4) is 0 Å². The predicted molar refractivity (Wildman–Crippen MR) is 96.0 cm³/mol. The molecule has 2 nitrogen and oxygen atoms in total. The molecule has 0 unspecified atom stereocenters. The minimum Gasteiger partial charge on any atom is -0.481 e. The van der Waals surface area contributed by atoms with Gasteiger partial charge in [-0.05, 0) is 44.9 Å². The molecule has 22 heavy (non-hydrogen) atoms. The summed E-state index contributed by atoms with van der Waals surface area (Å²) in [6, 6.07) is -0.650. The van der Waals surface area contributed by atoms with Gasteiger partial charge < -0.3 is 5.11 Å². The molecular formula is C20H32O2. The van der Waals surface area contributed by atoms with E-state index in [0.29, 0.717) is 25.7 Å². The van der Waals surface area contributed by atoms with Crippen LogP contribution >= 0.6 is 0 Å². The SMILES string of the molecule is [2H]/C(CC)=C(\[2H])C/C([2H])=C(/[2H])C/C([2H])=C(/[2H])C/C([2H])=C(/[2H])CCCCCCC(=O)O. The highest BCUT2D eigenvalue weighted by Crippen LogP contribution is 2.06. The molecule has 1 N–H and O–H groups in total. The first kappa shape index (κ1) is 10.3. The third kappa shape index (κ3) is 18.4. The van der Waals surface area contributed by atoms with Crippen LogP contribution in [0.15, 0.2) is 48.4 Å². The summed E-state index contributed by atoms with van der Waals surface area (Å²) in [6.07, 6.45) is 3.02. The van der Waals surface area contributed by atoms with Gasteiger partial charge in [-0.1, -0.05) is 68.2 Å². The Kier molecular flexibility index (Phi) is 8.15. The fourth-order valence-corrected chi connectivity index (χ4v) is 1.56. The van der Waals surface area contributed by atoms with Crippen molar-refractivity contribution in [2.24, 2.45) is 0 Å². The molecule has 0 fully saturated rings. The van der Waals surface area contributed by atoms with Crippen LogP contribution in [-0.2, 0) is 4.79 Å². The molecule has 0 aliphatic heterocycles. The summed E-state index contributed by atoms with van der Waals surface area (Å²) in [5.41, 5.74) is 0. The first-order valence-electron chi connectivity index (χ1n) is 11.8. The molecule has 0 aromatic heterocycles. The Balaban J connectivity index is 4.78. The zero-order chi connectivity index (χ0) is 23.3. The Morgan fingerprint density at radius 1 is 0.818 bits per heavy atom. The summed E-state index contributed by atoms with van der Waals surface area (Å²) in [7, 11) is 0. The van der Waals surface area contributed by atoms with Crippen molar-refractivity contribution in [2.45, 2.75) is 71.1 Å². The number of carbonyl (C=O) groups is 1. The zero-order valence-electron chi connectivity index (χ0n) is 21.4. The van der Waals surface area contributed by atoms with Gasteiger partial charge in [-0.3, -0.25) is 4.79 Å². The average molecular weight is 313 g/mol. The average Bonchev–Trinajstić information content (AvgIpc) is 2.68. The number of carboxylic acids is 1. The normalized spacial score (nSPS) is 21.1. The predicted octanol–water partition coefficient (Wildman–Crippen LogP) is 6.22. The Bertz CT molecular complexity index is 708. The standard InChI is InChI=1S/C20H32O2/c1-2-3-4-5-6-7-8-9-10-11-12-13-14-15-16-17-18-19-20(21)22/h3-4,6-7,9-10,12-13H,2,5,8,11,14-19H2,1H3,(H,21,22)/b4-3-,7-6-,10-9-,13-12-/i3D,4D,6D,7D,9D,10D,12D,13D. The fourth-order valence-electron chi connectivity index (χ4n) is 1.56. The molecule has 0 aliphatic rings. The molecule has 0 aliphatic carbocycles. The van der Waals surface area contributed by atoms with Crippen molar-refractivity contribution in [2.75, 3.05) is 0 Å². The molecule has 124 valence electrons. The fraction of sp³-hybridized carbons (Fsp3) is 0.550. The monoisotopic (exact) mass is 312 g/mol. The second-order valence-corrected chi connectivity index (χ2v) is 4.61. The number of aliphatic carboxylic acids is 1. The second kappa shape index (κ2) is 17.5. The molecule has 0 heterocycles. The minimum atomic E-state index is -0.826. The summed E-state index contributed by atoms with van der Waals surface area (Å²) >= 11 is 0. The zero-order valence-corrected chi connectivity index (χ0v) is 13.4. The highest BCUT2D eigenvalue weighted by Gasteiger charge is 1.95. The van der Waals surface area contributed by atoms with Gasteiger partial charge in [-0.15, -0.1) is 0 Å². The van der Waals surface area contributed by atoms with Gasteiger partial charge in [0, 0.05) is 6.42 Å². The maximum absolute atomic E-state index is 10.4. The van der Waals surface area contributed by atoms with Crippen molar-refractivity contribution in [3.05, 3.63) is 48.4 Å². The van der Waals surface area contributed by atoms with E-state index in [-0.39, 0.29) is 74.1 Å². The highest BCUT2D eigenvalue weighted by molar-refractivity contribution is 5.66. The van der Waals surface area contributed by atoms with Crippen LogP contribution in [0.2, 0.25) is 0 Å². The van der Waals surface area contributed by atoms with Gasteiger partial charge in [0.2, 0.25) is 0 Å².